The van der Waals surface area contributed by atoms with Crippen molar-refractivity contribution in [3.63, 3.8) is 0 Å². The van der Waals surface area contributed by atoms with Crippen molar-refractivity contribution in [1.29, 1.82) is 0 Å². The minimum atomic E-state index is 0. The maximum absolute atomic E-state index is 12.4. The van der Waals surface area contributed by atoms with Gasteiger partial charge in [0.2, 0.25) is 5.91 Å². The highest BCUT2D eigenvalue weighted by Crippen LogP contribution is 2.17. The Balaban J connectivity index is 0.00000242. The molecule has 0 aromatic heterocycles. The van der Waals surface area contributed by atoms with Gasteiger partial charge in [-0.2, -0.15) is 0 Å². The van der Waals surface area contributed by atoms with Crippen molar-refractivity contribution in [2.75, 3.05) is 33.7 Å². The number of rotatable bonds is 5. The number of amides is 1. The first-order valence-electron chi connectivity index (χ1n) is 7.46. The molecule has 0 radical (unpaired) electrons. The van der Waals surface area contributed by atoms with E-state index in [2.05, 4.69) is 33.2 Å². The Kier molecular flexibility index (Phi) is 8.39. The number of halogens is 2. The van der Waals surface area contributed by atoms with Gasteiger partial charge in [-0.3, -0.25) is 9.69 Å². The third-order valence-corrected chi connectivity index (χ3v) is 4.88. The molecule has 1 aliphatic heterocycles. The lowest BCUT2D eigenvalue weighted by molar-refractivity contribution is -0.132. The molecule has 2 rings (SSSR count). The molecule has 0 aliphatic carbocycles. The fourth-order valence-corrected chi connectivity index (χ4v) is 3.09. The van der Waals surface area contributed by atoms with Gasteiger partial charge in [0.05, 0.1) is 6.54 Å². The van der Waals surface area contributed by atoms with Crippen LogP contribution in [0.3, 0.4) is 0 Å². The number of piperidine rings is 1. The Bertz CT molecular complexity index is 480. The average molecular weight is 391 g/mol. The molecule has 1 aromatic carbocycles. The van der Waals surface area contributed by atoms with E-state index in [1.807, 2.05) is 31.3 Å². The smallest absolute Gasteiger partial charge is 0.236 e. The number of carbonyl (C=O) groups is 1. The van der Waals surface area contributed by atoms with Gasteiger partial charge in [-0.05, 0) is 44.6 Å². The third kappa shape index (κ3) is 5.54. The van der Waals surface area contributed by atoms with Gasteiger partial charge in [0.25, 0.3) is 0 Å². The van der Waals surface area contributed by atoms with Crippen molar-refractivity contribution in [3.05, 3.63) is 34.3 Å². The monoisotopic (exact) mass is 389 g/mol. The van der Waals surface area contributed by atoms with E-state index >= 15 is 0 Å². The summed E-state index contributed by atoms with van der Waals surface area (Å²) in [4.78, 5) is 16.4. The van der Waals surface area contributed by atoms with Gasteiger partial charge in [0, 0.05) is 24.1 Å². The molecule has 0 atom stereocenters. The minimum absolute atomic E-state index is 0. The third-order valence-electron chi connectivity index (χ3n) is 4.11. The fourth-order valence-electron chi connectivity index (χ4n) is 2.68. The molecule has 1 aliphatic rings. The van der Waals surface area contributed by atoms with Crippen molar-refractivity contribution in [1.82, 2.24) is 15.1 Å². The van der Waals surface area contributed by atoms with Crippen LogP contribution in [0.4, 0.5) is 0 Å². The molecule has 6 heteroatoms. The topological polar surface area (TPSA) is 35.6 Å². The van der Waals surface area contributed by atoms with E-state index in [4.69, 9.17) is 0 Å². The van der Waals surface area contributed by atoms with E-state index in [-0.39, 0.29) is 18.3 Å². The van der Waals surface area contributed by atoms with Crippen molar-refractivity contribution < 1.29 is 4.79 Å². The van der Waals surface area contributed by atoms with Crippen LogP contribution in [-0.4, -0.2) is 55.5 Å². The molecule has 1 saturated heterocycles. The Hall–Kier alpha value is -0.620. The zero-order valence-electron chi connectivity index (χ0n) is 13.2. The van der Waals surface area contributed by atoms with Gasteiger partial charge in [-0.1, -0.05) is 34.1 Å². The summed E-state index contributed by atoms with van der Waals surface area (Å²) in [5.74, 6) is 0.173. The van der Waals surface area contributed by atoms with Crippen LogP contribution in [0.2, 0.25) is 0 Å². The van der Waals surface area contributed by atoms with Gasteiger partial charge in [-0.25, -0.2) is 0 Å². The second kappa shape index (κ2) is 9.50. The van der Waals surface area contributed by atoms with E-state index in [1.54, 1.807) is 4.90 Å². The van der Waals surface area contributed by atoms with Gasteiger partial charge in [0.1, 0.15) is 0 Å². The zero-order chi connectivity index (χ0) is 15.2. The molecule has 1 fully saturated rings. The molecule has 0 unspecified atom stereocenters. The lowest BCUT2D eigenvalue weighted by Crippen LogP contribution is -2.45. The van der Waals surface area contributed by atoms with Crippen molar-refractivity contribution >= 4 is 34.2 Å². The van der Waals surface area contributed by atoms with Crippen LogP contribution >= 0.6 is 28.3 Å². The van der Waals surface area contributed by atoms with E-state index < -0.39 is 0 Å². The van der Waals surface area contributed by atoms with Gasteiger partial charge >= 0.3 is 0 Å². The molecule has 4 nitrogen and oxygen atoms in total. The molecular formula is C16H25BrClN3O. The molecule has 0 bridgehead atoms. The summed E-state index contributed by atoms with van der Waals surface area (Å²) in [7, 11) is 3.93. The first kappa shape index (κ1) is 19.4. The molecular weight excluding hydrogens is 366 g/mol. The standard InChI is InChI=1S/C16H24BrN3O.ClH/c1-19(14-7-9-18-10-8-14)12-16(21)20(2)11-13-5-3-4-6-15(13)17;/h3-6,14,18H,7-12H2,1-2H3;1H. The van der Waals surface area contributed by atoms with Crippen molar-refractivity contribution in [3.8, 4) is 0 Å². The first-order valence-corrected chi connectivity index (χ1v) is 8.25. The number of hydrogen-bond donors (Lipinski definition) is 1. The van der Waals surface area contributed by atoms with E-state index in [0.29, 0.717) is 19.1 Å². The second-order valence-corrected chi connectivity index (χ2v) is 6.59. The molecule has 0 saturated carbocycles. The fraction of sp³-hybridized carbons (Fsp3) is 0.562. The van der Waals surface area contributed by atoms with Crippen LogP contribution in [0.15, 0.2) is 28.7 Å². The predicted molar refractivity (Wildman–Crippen MR) is 96.4 cm³/mol. The van der Waals surface area contributed by atoms with Crippen LogP contribution < -0.4 is 5.32 Å². The summed E-state index contributed by atoms with van der Waals surface area (Å²) >= 11 is 3.53. The highest BCUT2D eigenvalue weighted by molar-refractivity contribution is 9.10. The summed E-state index contributed by atoms with van der Waals surface area (Å²) in [5.41, 5.74) is 1.14. The molecule has 124 valence electrons. The van der Waals surface area contributed by atoms with E-state index in [9.17, 15) is 4.79 Å². The number of nitrogens with zero attached hydrogens (tertiary/aromatic N) is 2. The van der Waals surface area contributed by atoms with Crippen LogP contribution in [-0.2, 0) is 11.3 Å². The molecule has 22 heavy (non-hydrogen) atoms. The number of nitrogens with one attached hydrogen (secondary N) is 1. The van der Waals surface area contributed by atoms with Crippen molar-refractivity contribution in [2.24, 2.45) is 0 Å². The molecule has 0 spiro atoms. The Morgan fingerprint density at radius 3 is 2.55 bits per heavy atom. The number of likely N-dealkylation sites (N-methyl/N-ethyl adjacent to an activating group) is 2. The largest absolute Gasteiger partial charge is 0.340 e. The van der Waals surface area contributed by atoms with Gasteiger partial charge in [0.15, 0.2) is 0 Å². The van der Waals surface area contributed by atoms with Gasteiger partial charge in [-0.15, -0.1) is 12.4 Å². The zero-order valence-corrected chi connectivity index (χ0v) is 15.6. The Labute approximate surface area is 147 Å². The molecule has 1 aromatic rings. The first-order chi connectivity index (χ1) is 10.1. The van der Waals surface area contributed by atoms with E-state index in [0.717, 1.165) is 36.0 Å². The molecule has 1 heterocycles. The SMILES string of the molecule is CN(Cc1ccccc1Br)C(=O)CN(C)C1CCNCC1.Cl. The van der Waals surface area contributed by atoms with Crippen LogP contribution in [0, 0.1) is 0 Å². The Morgan fingerprint density at radius 1 is 1.27 bits per heavy atom. The average Bonchev–Trinajstić information content (AvgIpc) is 2.50. The van der Waals surface area contributed by atoms with E-state index in [1.165, 1.54) is 0 Å². The molecule has 1 amide bonds. The second-order valence-electron chi connectivity index (χ2n) is 5.74. The lowest BCUT2D eigenvalue weighted by Gasteiger charge is -2.32. The Morgan fingerprint density at radius 2 is 1.91 bits per heavy atom. The summed E-state index contributed by atoms with van der Waals surface area (Å²) < 4.78 is 1.05. The number of carbonyl (C=O) groups excluding carboxylic acids is 1. The van der Waals surface area contributed by atoms with Gasteiger partial charge < -0.3 is 10.2 Å². The summed E-state index contributed by atoms with van der Waals surface area (Å²) in [6.07, 6.45) is 2.25. The minimum Gasteiger partial charge on any atom is -0.340 e. The summed E-state index contributed by atoms with van der Waals surface area (Å²) in [6.45, 7) is 3.23. The van der Waals surface area contributed by atoms with Crippen LogP contribution in [0.1, 0.15) is 18.4 Å². The normalized spacial score (nSPS) is 15.5. The number of benzene rings is 1. The maximum Gasteiger partial charge on any atom is 0.236 e. The quantitative estimate of drug-likeness (QED) is 0.839. The predicted octanol–water partition coefficient (Wildman–Crippen LogP) is 2.51. The van der Waals surface area contributed by atoms with Crippen LogP contribution in [0.25, 0.3) is 0 Å². The highest BCUT2D eigenvalue weighted by Gasteiger charge is 2.21. The lowest BCUT2D eigenvalue weighted by atomic mass is 10.1. The van der Waals surface area contributed by atoms with Crippen LogP contribution in [0.5, 0.6) is 0 Å². The van der Waals surface area contributed by atoms with Crippen molar-refractivity contribution in [2.45, 2.75) is 25.4 Å². The number of hydrogen-bond acceptors (Lipinski definition) is 3. The maximum atomic E-state index is 12.4. The summed E-state index contributed by atoms with van der Waals surface area (Å²) in [5, 5.41) is 3.36. The highest BCUT2D eigenvalue weighted by atomic mass is 79.9. The summed E-state index contributed by atoms with van der Waals surface area (Å²) in [6, 6.07) is 8.56. The molecule has 1 N–H and O–H groups in total.